The van der Waals surface area contributed by atoms with Crippen molar-refractivity contribution in [2.24, 2.45) is 5.92 Å². The Hall–Kier alpha value is -2.00. The van der Waals surface area contributed by atoms with E-state index in [1.165, 1.54) is 0 Å². The van der Waals surface area contributed by atoms with Crippen molar-refractivity contribution in [3.05, 3.63) is 35.5 Å². The Morgan fingerprint density at radius 2 is 1.96 bits per heavy atom. The van der Waals surface area contributed by atoms with E-state index in [2.05, 4.69) is 6.58 Å². The van der Waals surface area contributed by atoms with Gasteiger partial charge in [-0.1, -0.05) is 23.8 Å². The van der Waals surface area contributed by atoms with Gasteiger partial charge in [0, 0.05) is 12.0 Å². The third-order valence-corrected chi connectivity index (χ3v) is 5.19. The van der Waals surface area contributed by atoms with Crippen LogP contribution in [-0.4, -0.2) is 69.0 Å². The standard InChI is InChI=1S/C20H28O8/c1-10-5-14(23)6-11(2)8-16(17-12(3)18(24)27-15(17)7-10)28-19(25)20(26,9-21)13(4)22/h6-7,13-17,21-23,26H,3,5,8-9H2,1-2,4H3. The molecule has 1 heterocycles. The molecule has 4 N–H and O–H groups in total. The van der Waals surface area contributed by atoms with E-state index in [0.29, 0.717) is 12.0 Å². The number of carbonyl (C=O) groups is 2. The molecule has 2 rings (SSSR count). The fourth-order valence-electron chi connectivity index (χ4n) is 3.48. The summed E-state index contributed by atoms with van der Waals surface area (Å²) in [6.45, 7) is 7.41. The molecule has 0 bridgehead atoms. The van der Waals surface area contributed by atoms with Gasteiger partial charge in [-0.2, -0.15) is 0 Å². The number of carbonyl (C=O) groups excluding carboxylic acids is 2. The minimum Gasteiger partial charge on any atom is -0.459 e. The number of ether oxygens (including phenoxy) is 2. The van der Waals surface area contributed by atoms with E-state index in [-0.39, 0.29) is 12.0 Å². The number of esters is 2. The fourth-order valence-corrected chi connectivity index (χ4v) is 3.48. The third kappa shape index (κ3) is 4.52. The summed E-state index contributed by atoms with van der Waals surface area (Å²) < 4.78 is 10.8. The molecular formula is C20H28O8. The van der Waals surface area contributed by atoms with Gasteiger partial charge < -0.3 is 29.9 Å². The lowest BCUT2D eigenvalue weighted by Gasteiger charge is -2.32. The van der Waals surface area contributed by atoms with Crippen molar-refractivity contribution >= 4 is 11.9 Å². The lowest BCUT2D eigenvalue weighted by atomic mass is 9.85. The fraction of sp³-hybridized carbons (Fsp3) is 0.600. The highest BCUT2D eigenvalue weighted by Crippen LogP contribution is 2.36. The zero-order valence-electron chi connectivity index (χ0n) is 16.3. The van der Waals surface area contributed by atoms with Crippen LogP contribution < -0.4 is 0 Å². The molecule has 0 saturated carbocycles. The number of rotatable bonds is 4. The van der Waals surface area contributed by atoms with E-state index in [1.54, 1.807) is 26.0 Å². The molecule has 8 heteroatoms. The molecule has 0 spiro atoms. The minimum absolute atomic E-state index is 0.130. The van der Waals surface area contributed by atoms with Gasteiger partial charge in [0.15, 0.2) is 0 Å². The predicted molar refractivity (Wildman–Crippen MR) is 98.9 cm³/mol. The quantitative estimate of drug-likeness (QED) is 0.300. The number of aliphatic hydroxyl groups is 4. The summed E-state index contributed by atoms with van der Waals surface area (Å²) in [4.78, 5) is 24.6. The highest BCUT2D eigenvalue weighted by molar-refractivity contribution is 5.91. The Labute approximate surface area is 163 Å². The first-order valence-electron chi connectivity index (χ1n) is 9.14. The van der Waals surface area contributed by atoms with Gasteiger partial charge in [-0.25, -0.2) is 9.59 Å². The van der Waals surface area contributed by atoms with Crippen molar-refractivity contribution < 1.29 is 39.5 Å². The van der Waals surface area contributed by atoms with Crippen LogP contribution in [0.4, 0.5) is 0 Å². The lowest BCUT2D eigenvalue weighted by Crippen LogP contribution is -2.54. The molecule has 1 aliphatic heterocycles. The van der Waals surface area contributed by atoms with Crippen LogP contribution in [0.25, 0.3) is 0 Å². The first-order valence-corrected chi connectivity index (χ1v) is 9.14. The maximum absolute atomic E-state index is 12.5. The van der Waals surface area contributed by atoms with E-state index < -0.39 is 54.5 Å². The second-order valence-electron chi connectivity index (χ2n) is 7.62. The largest absolute Gasteiger partial charge is 0.459 e. The number of hydrogen-bond donors (Lipinski definition) is 4. The molecule has 2 aliphatic rings. The van der Waals surface area contributed by atoms with Crippen LogP contribution in [0.3, 0.4) is 0 Å². The molecule has 8 nitrogen and oxygen atoms in total. The van der Waals surface area contributed by atoms with Crippen molar-refractivity contribution in [3.63, 3.8) is 0 Å². The van der Waals surface area contributed by atoms with Gasteiger partial charge in [0.25, 0.3) is 0 Å². The van der Waals surface area contributed by atoms with E-state index in [0.717, 1.165) is 12.5 Å². The van der Waals surface area contributed by atoms with Gasteiger partial charge in [0.2, 0.25) is 5.60 Å². The zero-order chi connectivity index (χ0) is 21.2. The lowest BCUT2D eigenvalue weighted by molar-refractivity contribution is -0.190. The van der Waals surface area contributed by atoms with Crippen LogP contribution in [0, 0.1) is 5.92 Å². The molecule has 0 amide bonds. The Morgan fingerprint density at radius 3 is 2.54 bits per heavy atom. The summed E-state index contributed by atoms with van der Waals surface area (Å²) in [5, 5.41) is 39.5. The van der Waals surface area contributed by atoms with Gasteiger partial charge in [-0.3, -0.25) is 0 Å². The zero-order valence-corrected chi connectivity index (χ0v) is 16.3. The summed E-state index contributed by atoms with van der Waals surface area (Å²) in [5.41, 5.74) is -0.879. The number of hydrogen-bond acceptors (Lipinski definition) is 8. The molecule has 6 unspecified atom stereocenters. The number of fused-ring (bicyclic) bond motifs is 1. The van der Waals surface area contributed by atoms with Crippen molar-refractivity contribution in [1.29, 1.82) is 0 Å². The Kier molecular flexibility index (Phi) is 6.82. The number of aliphatic hydroxyl groups excluding tert-OH is 3. The van der Waals surface area contributed by atoms with Gasteiger partial charge in [-0.15, -0.1) is 0 Å². The second-order valence-corrected chi connectivity index (χ2v) is 7.62. The second kappa shape index (κ2) is 8.57. The molecule has 0 radical (unpaired) electrons. The molecule has 0 aromatic rings. The first kappa shape index (κ1) is 22.3. The van der Waals surface area contributed by atoms with Crippen LogP contribution in [-0.2, 0) is 19.1 Å². The summed E-state index contributed by atoms with van der Waals surface area (Å²) in [5.74, 6) is -2.54. The smallest absolute Gasteiger partial charge is 0.343 e. The minimum atomic E-state index is -2.50. The average molecular weight is 396 g/mol. The van der Waals surface area contributed by atoms with Crippen LogP contribution in [0.15, 0.2) is 35.5 Å². The normalized spacial score (nSPS) is 31.7. The van der Waals surface area contributed by atoms with Crippen molar-refractivity contribution in [2.75, 3.05) is 6.61 Å². The Balaban J connectivity index is 2.43. The molecule has 28 heavy (non-hydrogen) atoms. The Morgan fingerprint density at radius 1 is 1.36 bits per heavy atom. The first-order chi connectivity index (χ1) is 13.0. The summed E-state index contributed by atoms with van der Waals surface area (Å²) >= 11 is 0. The van der Waals surface area contributed by atoms with E-state index >= 15 is 0 Å². The topological polar surface area (TPSA) is 134 Å². The molecule has 1 aliphatic carbocycles. The average Bonchev–Trinajstić information content (AvgIpc) is 2.85. The van der Waals surface area contributed by atoms with Gasteiger partial charge in [0.1, 0.15) is 12.2 Å². The van der Waals surface area contributed by atoms with Crippen molar-refractivity contribution in [2.45, 2.75) is 63.6 Å². The van der Waals surface area contributed by atoms with E-state index in [1.807, 2.05) is 0 Å². The van der Waals surface area contributed by atoms with Crippen LogP contribution in [0.1, 0.15) is 33.6 Å². The van der Waals surface area contributed by atoms with Crippen molar-refractivity contribution in [3.8, 4) is 0 Å². The van der Waals surface area contributed by atoms with Crippen LogP contribution >= 0.6 is 0 Å². The molecular weight excluding hydrogens is 368 g/mol. The molecule has 0 aromatic heterocycles. The summed E-state index contributed by atoms with van der Waals surface area (Å²) in [6.07, 6.45) is -0.210. The third-order valence-electron chi connectivity index (χ3n) is 5.19. The van der Waals surface area contributed by atoms with Crippen molar-refractivity contribution in [1.82, 2.24) is 0 Å². The maximum Gasteiger partial charge on any atom is 0.343 e. The molecule has 156 valence electrons. The molecule has 0 aromatic carbocycles. The molecule has 1 fully saturated rings. The van der Waals surface area contributed by atoms with Crippen LogP contribution in [0.5, 0.6) is 0 Å². The molecule has 1 saturated heterocycles. The highest BCUT2D eigenvalue weighted by atomic mass is 16.6. The maximum atomic E-state index is 12.5. The predicted octanol–water partition coefficient (Wildman–Crippen LogP) is 0.148. The summed E-state index contributed by atoms with van der Waals surface area (Å²) in [6, 6.07) is 0. The van der Waals surface area contributed by atoms with Crippen LogP contribution in [0.2, 0.25) is 0 Å². The van der Waals surface area contributed by atoms with E-state index in [4.69, 9.17) is 9.47 Å². The van der Waals surface area contributed by atoms with E-state index in [9.17, 15) is 30.0 Å². The summed E-state index contributed by atoms with van der Waals surface area (Å²) in [7, 11) is 0. The van der Waals surface area contributed by atoms with Gasteiger partial charge >= 0.3 is 11.9 Å². The monoisotopic (exact) mass is 396 g/mol. The molecule has 6 atom stereocenters. The van der Waals surface area contributed by atoms with Gasteiger partial charge in [0.05, 0.1) is 24.7 Å². The highest BCUT2D eigenvalue weighted by Gasteiger charge is 2.48. The Bertz CT molecular complexity index is 707. The van der Waals surface area contributed by atoms with Gasteiger partial charge in [-0.05, 0) is 33.3 Å². The SMILES string of the molecule is C=C1C(=O)OC2C=C(C)CC(O)C=C(C)CC(OC(=O)C(O)(CO)C(C)O)C12.